The molecule has 4 heterocycles. The third-order valence-corrected chi connectivity index (χ3v) is 6.39. The van der Waals surface area contributed by atoms with Gasteiger partial charge in [0.15, 0.2) is 0 Å². The van der Waals surface area contributed by atoms with Crippen LogP contribution in [-0.4, -0.2) is 37.8 Å². The molecule has 0 saturated heterocycles. The number of rotatable bonds is 3. The average Bonchev–Trinajstić information content (AvgIpc) is 3.12. The Morgan fingerprint density at radius 1 is 1.10 bits per heavy atom. The van der Waals surface area contributed by atoms with Crippen LogP contribution >= 0.6 is 0 Å². The number of hydrogen-bond donors (Lipinski definition) is 1. The van der Waals surface area contributed by atoms with Gasteiger partial charge in [-0.2, -0.15) is 0 Å². The molecule has 2 aliphatic rings. The average molecular weight is 409 g/mol. The van der Waals surface area contributed by atoms with Crippen molar-refractivity contribution >= 4 is 27.8 Å². The van der Waals surface area contributed by atoms with E-state index >= 15 is 0 Å². The Bertz CT molecular complexity index is 1380. The number of benzene rings is 1. The van der Waals surface area contributed by atoms with Crippen LogP contribution in [0.1, 0.15) is 36.7 Å². The van der Waals surface area contributed by atoms with Gasteiger partial charge in [0.05, 0.1) is 11.2 Å². The third-order valence-electron chi connectivity index (χ3n) is 6.39. The highest BCUT2D eigenvalue weighted by Crippen LogP contribution is 2.39. The second kappa shape index (κ2) is 6.94. The van der Waals surface area contributed by atoms with Crippen LogP contribution in [0.2, 0.25) is 0 Å². The summed E-state index contributed by atoms with van der Waals surface area (Å²) in [6.07, 6.45) is 13.8. The fraction of sp³-hybridized carbons (Fsp3) is 0.240. The number of nitrogens with two attached hydrogens (primary N) is 1. The number of fused-ring (bicyclic) bond motifs is 2. The number of allylic oxidation sites excluding steroid dienone is 2. The summed E-state index contributed by atoms with van der Waals surface area (Å²) in [7, 11) is 2.07. The Balaban J connectivity index is 1.50. The minimum absolute atomic E-state index is 0.496. The fourth-order valence-electron chi connectivity index (χ4n) is 4.50. The van der Waals surface area contributed by atoms with Gasteiger partial charge in [0.2, 0.25) is 0 Å². The number of pyridine rings is 1. The first-order valence-corrected chi connectivity index (χ1v) is 10.8. The predicted octanol–water partition coefficient (Wildman–Crippen LogP) is 4.64. The third kappa shape index (κ3) is 2.98. The van der Waals surface area contributed by atoms with Crippen LogP contribution in [0.15, 0.2) is 61.1 Å². The van der Waals surface area contributed by atoms with E-state index in [1.54, 1.807) is 6.20 Å². The highest BCUT2D eigenvalue weighted by molar-refractivity contribution is 5.91. The van der Waals surface area contributed by atoms with Crippen LogP contribution < -0.4 is 5.73 Å². The van der Waals surface area contributed by atoms with Crippen molar-refractivity contribution in [2.24, 2.45) is 0 Å². The number of likely N-dealkylation sites (N-methyl/N-ethyl adjacent to an activating group) is 1. The van der Waals surface area contributed by atoms with Crippen molar-refractivity contribution in [2.75, 3.05) is 19.3 Å². The summed E-state index contributed by atoms with van der Waals surface area (Å²) in [6, 6.07) is 10.6. The van der Waals surface area contributed by atoms with Gasteiger partial charge in [0.1, 0.15) is 22.9 Å². The number of imidazole rings is 1. The second-order valence-electron chi connectivity index (χ2n) is 8.51. The quantitative estimate of drug-likeness (QED) is 0.535. The van der Waals surface area contributed by atoms with Gasteiger partial charge in [-0.15, -0.1) is 0 Å². The number of hydrogen-bond acceptors (Lipinski definition) is 5. The zero-order valence-corrected chi connectivity index (χ0v) is 17.5. The van der Waals surface area contributed by atoms with E-state index in [4.69, 9.17) is 15.7 Å². The summed E-state index contributed by atoms with van der Waals surface area (Å²) < 4.78 is 2.13. The van der Waals surface area contributed by atoms with E-state index < -0.39 is 0 Å². The molecule has 154 valence electrons. The van der Waals surface area contributed by atoms with E-state index in [9.17, 15) is 0 Å². The lowest BCUT2D eigenvalue weighted by Gasteiger charge is -2.23. The molecule has 3 aromatic heterocycles. The van der Waals surface area contributed by atoms with Crippen molar-refractivity contribution in [1.29, 1.82) is 0 Å². The molecule has 0 radical (unpaired) electrons. The van der Waals surface area contributed by atoms with Crippen molar-refractivity contribution in [3.63, 3.8) is 0 Å². The van der Waals surface area contributed by atoms with Gasteiger partial charge in [0.25, 0.3) is 0 Å². The van der Waals surface area contributed by atoms with Crippen LogP contribution in [-0.2, 0) is 0 Å². The molecule has 0 unspecified atom stereocenters. The van der Waals surface area contributed by atoms with E-state index in [1.165, 1.54) is 19.3 Å². The molecule has 0 amide bonds. The minimum atomic E-state index is 0.496. The van der Waals surface area contributed by atoms with Crippen LogP contribution in [0.25, 0.3) is 33.3 Å². The first-order chi connectivity index (χ1) is 15.2. The maximum absolute atomic E-state index is 6.31. The molecule has 6 heteroatoms. The molecule has 2 N–H and O–H groups in total. The van der Waals surface area contributed by atoms with Crippen LogP contribution in [0.5, 0.6) is 0 Å². The number of aromatic nitrogens is 4. The molecule has 31 heavy (non-hydrogen) atoms. The Morgan fingerprint density at radius 3 is 2.77 bits per heavy atom. The molecule has 1 aromatic carbocycles. The van der Waals surface area contributed by atoms with Gasteiger partial charge < -0.3 is 10.6 Å². The Hall–Kier alpha value is -3.67. The molecule has 1 fully saturated rings. The van der Waals surface area contributed by atoms with Gasteiger partial charge in [0, 0.05) is 54.6 Å². The van der Waals surface area contributed by atoms with E-state index in [1.807, 2.05) is 6.20 Å². The SMILES string of the molecule is CN1C=C(c2ccc3ccc(-c4nc(C5CCC5)n5ccnc(N)c45)cc3n2)C=CC1. The number of anilines is 1. The second-order valence-corrected chi connectivity index (χ2v) is 8.51. The minimum Gasteiger partial charge on any atom is -0.382 e. The van der Waals surface area contributed by atoms with Crippen LogP contribution in [0.3, 0.4) is 0 Å². The van der Waals surface area contributed by atoms with E-state index in [-0.39, 0.29) is 0 Å². The Morgan fingerprint density at radius 2 is 1.97 bits per heavy atom. The molecule has 4 aromatic rings. The molecule has 0 bridgehead atoms. The summed E-state index contributed by atoms with van der Waals surface area (Å²) in [6.45, 7) is 0.924. The largest absolute Gasteiger partial charge is 0.382 e. The molecule has 1 saturated carbocycles. The van der Waals surface area contributed by atoms with Crippen molar-refractivity contribution in [3.05, 3.63) is 72.6 Å². The van der Waals surface area contributed by atoms with Crippen LogP contribution in [0, 0.1) is 0 Å². The van der Waals surface area contributed by atoms with E-state index in [2.05, 4.69) is 70.0 Å². The topological polar surface area (TPSA) is 72.3 Å². The van der Waals surface area contributed by atoms with Crippen molar-refractivity contribution in [2.45, 2.75) is 25.2 Å². The lowest BCUT2D eigenvalue weighted by Crippen LogP contribution is -2.13. The standard InChI is InChI=1S/C25H24N6/c1-30-12-3-6-19(15-30)20-10-9-16-7-8-18(14-21(16)28-20)22-23-24(26)27-11-13-31(23)25(29-22)17-4-2-5-17/h3,6-11,13-15,17H,2,4-5,12H2,1H3,(H2,26,27). The smallest absolute Gasteiger partial charge is 0.150 e. The molecular weight excluding hydrogens is 384 g/mol. The van der Waals surface area contributed by atoms with Crippen LogP contribution in [0.4, 0.5) is 5.82 Å². The highest BCUT2D eigenvalue weighted by Gasteiger charge is 2.27. The summed E-state index contributed by atoms with van der Waals surface area (Å²) >= 11 is 0. The maximum atomic E-state index is 6.31. The zero-order chi connectivity index (χ0) is 20.9. The highest BCUT2D eigenvalue weighted by atomic mass is 15.1. The normalized spacial score (nSPS) is 16.7. The van der Waals surface area contributed by atoms with Gasteiger partial charge in [-0.1, -0.05) is 36.8 Å². The van der Waals surface area contributed by atoms with E-state index in [0.717, 1.165) is 51.3 Å². The van der Waals surface area contributed by atoms with Gasteiger partial charge in [-0.25, -0.2) is 15.0 Å². The van der Waals surface area contributed by atoms with Crippen molar-refractivity contribution < 1.29 is 0 Å². The predicted molar refractivity (Wildman–Crippen MR) is 124 cm³/mol. The number of nitrogen functional groups attached to an aromatic ring is 1. The van der Waals surface area contributed by atoms with Crippen molar-refractivity contribution in [3.8, 4) is 11.3 Å². The Kier molecular flexibility index (Phi) is 4.06. The summed E-state index contributed by atoms with van der Waals surface area (Å²) in [4.78, 5) is 16.5. The summed E-state index contributed by atoms with van der Waals surface area (Å²) in [5.41, 5.74) is 12.1. The summed E-state index contributed by atoms with van der Waals surface area (Å²) in [5.74, 6) is 2.10. The van der Waals surface area contributed by atoms with Gasteiger partial charge in [-0.05, 0) is 25.0 Å². The first kappa shape index (κ1) is 18.1. The number of nitrogens with zero attached hydrogens (tertiary/aromatic N) is 5. The molecule has 6 nitrogen and oxygen atoms in total. The monoisotopic (exact) mass is 408 g/mol. The fourth-order valence-corrected chi connectivity index (χ4v) is 4.50. The lowest BCUT2D eigenvalue weighted by molar-refractivity contribution is 0.400. The first-order valence-electron chi connectivity index (χ1n) is 10.8. The van der Waals surface area contributed by atoms with Gasteiger partial charge >= 0.3 is 0 Å². The molecular formula is C25H24N6. The molecule has 6 rings (SSSR count). The molecule has 0 spiro atoms. The molecule has 1 aliphatic carbocycles. The summed E-state index contributed by atoms with van der Waals surface area (Å²) in [5, 5.41) is 1.11. The van der Waals surface area contributed by atoms with Crippen molar-refractivity contribution in [1.82, 2.24) is 24.3 Å². The van der Waals surface area contributed by atoms with Gasteiger partial charge in [-0.3, -0.25) is 4.40 Å². The zero-order valence-electron chi connectivity index (χ0n) is 17.5. The Labute approximate surface area is 180 Å². The maximum Gasteiger partial charge on any atom is 0.150 e. The van der Waals surface area contributed by atoms with E-state index in [0.29, 0.717) is 11.7 Å². The lowest BCUT2D eigenvalue weighted by atomic mass is 9.85. The molecule has 1 aliphatic heterocycles. The molecule has 0 atom stereocenters.